The molecular weight excluding hydrogens is 265 g/mol. The van der Waals surface area contributed by atoms with E-state index >= 15 is 0 Å². The summed E-state index contributed by atoms with van der Waals surface area (Å²) in [6, 6.07) is 5.29. The number of benzene rings is 1. The molecule has 1 aromatic carbocycles. The average molecular weight is 289 g/mol. The SMILES string of the molecule is CCNCc1cc(-c2cn(C)nc2C(C)(C)C)ccc1F. The molecule has 0 fully saturated rings. The van der Waals surface area contributed by atoms with Gasteiger partial charge in [-0.2, -0.15) is 5.10 Å². The van der Waals surface area contributed by atoms with Crippen molar-refractivity contribution in [2.24, 2.45) is 7.05 Å². The molecule has 0 unspecified atom stereocenters. The second-order valence-electron chi connectivity index (χ2n) is 6.40. The van der Waals surface area contributed by atoms with Gasteiger partial charge in [0.25, 0.3) is 0 Å². The Kier molecular flexibility index (Phi) is 4.47. The van der Waals surface area contributed by atoms with Crippen molar-refractivity contribution in [1.29, 1.82) is 0 Å². The van der Waals surface area contributed by atoms with Crippen molar-refractivity contribution in [3.8, 4) is 11.1 Å². The molecule has 0 aliphatic carbocycles. The van der Waals surface area contributed by atoms with Crippen LogP contribution >= 0.6 is 0 Å². The molecule has 0 aliphatic rings. The molecule has 2 aromatic rings. The van der Waals surface area contributed by atoms with Gasteiger partial charge in [0.05, 0.1) is 5.69 Å². The number of hydrogen-bond donors (Lipinski definition) is 1. The zero-order valence-corrected chi connectivity index (χ0v) is 13.5. The third-order valence-electron chi connectivity index (χ3n) is 3.46. The summed E-state index contributed by atoms with van der Waals surface area (Å²) in [4.78, 5) is 0. The van der Waals surface area contributed by atoms with E-state index in [1.54, 1.807) is 6.07 Å². The second kappa shape index (κ2) is 5.98. The van der Waals surface area contributed by atoms with E-state index in [9.17, 15) is 4.39 Å². The van der Waals surface area contributed by atoms with E-state index in [2.05, 4.69) is 31.2 Å². The van der Waals surface area contributed by atoms with E-state index in [1.165, 1.54) is 0 Å². The summed E-state index contributed by atoms with van der Waals surface area (Å²) in [7, 11) is 1.92. The van der Waals surface area contributed by atoms with Crippen LogP contribution in [0.3, 0.4) is 0 Å². The molecule has 114 valence electrons. The fraction of sp³-hybridized carbons (Fsp3) is 0.471. The quantitative estimate of drug-likeness (QED) is 0.931. The first-order valence-electron chi connectivity index (χ1n) is 7.36. The Labute approximate surface area is 126 Å². The molecule has 1 heterocycles. The van der Waals surface area contributed by atoms with Crippen molar-refractivity contribution < 1.29 is 4.39 Å². The average Bonchev–Trinajstić information content (AvgIpc) is 2.80. The molecule has 0 spiro atoms. The molecule has 0 atom stereocenters. The van der Waals surface area contributed by atoms with Gasteiger partial charge >= 0.3 is 0 Å². The summed E-state index contributed by atoms with van der Waals surface area (Å²) in [5.74, 6) is -0.166. The van der Waals surface area contributed by atoms with Crippen LogP contribution in [0.1, 0.15) is 39.0 Å². The first-order chi connectivity index (χ1) is 9.82. The van der Waals surface area contributed by atoms with Crippen molar-refractivity contribution in [1.82, 2.24) is 15.1 Å². The Morgan fingerprint density at radius 3 is 2.62 bits per heavy atom. The summed E-state index contributed by atoms with van der Waals surface area (Å²) in [6.07, 6.45) is 2.00. The van der Waals surface area contributed by atoms with Crippen molar-refractivity contribution in [3.05, 3.63) is 41.5 Å². The molecule has 1 aromatic heterocycles. The Balaban J connectivity index is 2.47. The number of aryl methyl sites for hydroxylation is 1. The van der Waals surface area contributed by atoms with Crippen molar-refractivity contribution >= 4 is 0 Å². The molecule has 0 saturated heterocycles. The molecular formula is C17H24FN3. The van der Waals surface area contributed by atoms with Gasteiger partial charge in [0.2, 0.25) is 0 Å². The maximum Gasteiger partial charge on any atom is 0.127 e. The Morgan fingerprint density at radius 2 is 2.00 bits per heavy atom. The summed E-state index contributed by atoms with van der Waals surface area (Å²) in [6.45, 7) is 9.80. The van der Waals surface area contributed by atoms with Crippen LogP contribution < -0.4 is 5.32 Å². The van der Waals surface area contributed by atoms with Gasteiger partial charge in [0.15, 0.2) is 0 Å². The molecule has 1 N–H and O–H groups in total. The zero-order chi connectivity index (χ0) is 15.6. The van der Waals surface area contributed by atoms with Gasteiger partial charge < -0.3 is 5.32 Å². The minimum atomic E-state index is -0.166. The van der Waals surface area contributed by atoms with Gasteiger partial charge in [-0.3, -0.25) is 4.68 Å². The molecule has 3 nitrogen and oxygen atoms in total. The summed E-state index contributed by atoms with van der Waals surface area (Å²) in [5.41, 5.74) is 3.77. The normalized spacial score (nSPS) is 11.9. The van der Waals surface area contributed by atoms with Gasteiger partial charge in [-0.15, -0.1) is 0 Å². The van der Waals surface area contributed by atoms with E-state index in [-0.39, 0.29) is 11.2 Å². The van der Waals surface area contributed by atoms with Gasteiger partial charge in [-0.05, 0) is 24.2 Å². The molecule has 21 heavy (non-hydrogen) atoms. The van der Waals surface area contributed by atoms with E-state index in [0.717, 1.165) is 23.4 Å². The molecule has 4 heteroatoms. The van der Waals surface area contributed by atoms with Crippen LogP contribution in [-0.4, -0.2) is 16.3 Å². The number of nitrogens with zero attached hydrogens (tertiary/aromatic N) is 2. The van der Waals surface area contributed by atoms with Crippen LogP contribution in [0.25, 0.3) is 11.1 Å². The highest BCUT2D eigenvalue weighted by Gasteiger charge is 2.23. The molecule has 0 bridgehead atoms. The summed E-state index contributed by atoms with van der Waals surface area (Å²) >= 11 is 0. The first kappa shape index (κ1) is 15.7. The van der Waals surface area contributed by atoms with Gasteiger partial charge in [0, 0.05) is 36.3 Å². The Morgan fingerprint density at radius 1 is 1.29 bits per heavy atom. The lowest BCUT2D eigenvalue weighted by atomic mass is 9.87. The van der Waals surface area contributed by atoms with Gasteiger partial charge in [-0.1, -0.05) is 33.8 Å². The molecule has 2 rings (SSSR count). The molecule has 0 aliphatic heterocycles. The van der Waals surface area contributed by atoms with Crippen molar-refractivity contribution in [2.75, 3.05) is 6.54 Å². The predicted molar refractivity (Wildman–Crippen MR) is 84.7 cm³/mol. The van der Waals surface area contributed by atoms with E-state index < -0.39 is 0 Å². The zero-order valence-electron chi connectivity index (χ0n) is 13.5. The van der Waals surface area contributed by atoms with Crippen molar-refractivity contribution in [2.45, 2.75) is 39.7 Å². The lowest BCUT2D eigenvalue weighted by Crippen LogP contribution is -2.14. The third kappa shape index (κ3) is 3.50. The second-order valence-corrected chi connectivity index (χ2v) is 6.40. The highest BCUT2D eigenvalue weighted by atomic mass is 19.1. The number of halogens is 1. The highest BCUT2D eigenvalue weighted by Crippen LogP contribution is 2.32. The smallest absolute Gasteiger partial charge is 0.127 e. The number of rotatable bonds is 4. The van der Waals surface area contributed by atoms with Crippen LogP contribution in [-0.2, 0) is 19.0 Å². The predicted octanol–water partition coefficient (Wildman–Crippen LogP) is 3.63. The Hall–Kier alpha value is -1.68. The minimum Gasteiger partial charge on any atom is -0.313 e. The maximum atomic E-state index is 13.9. The van der Waals surface area contributed by atoms with E-state index in [4.69, 9.17) is 0 Å². The topological polar surface area (TPSA) is 29.9 Å². The largest absolute Gasteiger partial charge is 0.313 e. The number of hydrogen-bond acceptors (Lipinski definition) is 2. The van der Waals surface area contributed by atoms with E-state index in [0.29, 0.717) is 12.1 Å². The standard InChI is InChI=1S/C17H24FN3/c1-6-19-10-13-9-12(7-8-15(13)18)14-11-21(5)20-16(14)17(2,3)4/h7-9,11,19H,6,10H2,1-5H3. The van der Waals surface area contributed by atoms with Crippen LogP contribution in [0.4, 0.5) is 4.39 Å². The highest BCUT2D eigenvalue weighted by molar-refractivity contribution is 5.67. The van der Waals surface area contributed by atoms with Gasteiger partial charge in [0.1, 0.15) is 5.82 Å². The van der Waals surface area contributed by atoms with E-state index in [1.807, 2.05) is 37.0 Å². The Bertz CT molecular complexity index is 623. The fourth-order valence-corrected chi connectivity index (χ4v) is 2.39. The van der Waals surface area contributed by atoms with Crippen molar-refractivity contribution in [3.63, 3.8) is 0 Å². The number of aromatic nitrogens is 2. The lowest BCUT2D eigenvalue weighted by molar-refractivity contribution is 0.554. The summed E-state index contributed by atoms with van der Waals surface area (Å²) in [5, 5.41) is 7.75. The minimum absolute atomic E-state index is 0.0488. The van der Waals surface area contributed by atoms with Crippen LogP contribution in [0.2, 0.25) is 0 Å². The van der Waals surface area contributed by atoms with Crippen LogP contribution in [0.15, 0.2) is 24.4 Å². The molecule has 0 radical (unpaired) electrons. The maximum absolute atomic E-state index is 13.9. The molecule has 0 amide bonds. The third-order valence-corrected chi connectivity index (χ3v) is 3.46. The van der Waals surface area contributed by atoms with Crippen LogP contribution in [0, 0.1) is 5.82 Å². The molecule has 0 saturated carbocycles. The van der Waals surface area contributed by atoms with Gasteiger partial charge in [-0.25, -0.2) is 4.39 Å². The fourth-order valence-electron chi connectivity index (χ4n) is 2.39. The van der Waals surface area contributed by atoms with Crippen LogP contribution in [0.5, 0.6) is 0 Å². The summed E-state index contributed by atoms with van der Waals surface area (Å²) < 4.78 is 15.7. The number of nitrogens with one attached hydrogen (secondary N) is 1. The first-order valence-corrected chi connectivity index (χ1v) is 7.36. The lowest BCUT2D eigenvalue weighted by Gasteiger charge is -2.18. The monoisotopic (exact) mass is 289 g/mol.